The van der Waals surface area contributed by atoms with Gasteiger partial charge in [0, 0.05) is 25.6 Å². The summed E-state index contributed by atoms with van der Waals surface area (Å²) in [4.78, 5) is 14.1. The van der Waals surface area contributed by atoms with E-state index in [0.29, 0.717) is 16.7 Å². The molecule has 0 radical (unpaired) electrons. The van der Waals surface area contributed by atoms with Gasteiger partial charge in [0.15, 0.2) is 0 Å². The van der Waals surface area contributed by atoms with Crippen molar-refractivity contribution in [1.82, 2.24) is 4.90 Å². The Morgan fingerprint density at radius 2 is 1.54 bits per heavy atom. The Labute approximate surface area is 201 Å². The Bertz CT molecular complexity index is 1160. The molecule has 0 bridgehead atoms. The predicted molar refractivity (Wildman–Crippen MR) is 124 cm³/mol. The number of rotatable bonds is 9. The highest BCUT2D eigenvalue weighted by Crippen LogP contribution is 2.29. The Hall–Kier alpha value is -3.26. The quantitative estimate of drug-likeness (QED) is 0.237. The van der Waals surface area contributed by atoms with Crippen LogP contribution in [0.1, 0.15) is 39.9 Å². The molecule has 0 heterocycles. The van der Waals surface area contributed by atoms with Crippen LogP contribution in [0, 0.1) is 18.6 Å². The Kier molecular flexibility index (Phi) is 8.62. The summed E-state index contributed by atoms with van der Waals surface area (Å²) in [5.74, 6) is -2.01. The molecule has 0 unspecified atom stereocenters. The molecule has 0 aliphatic heterocycles. The molecule has 0 fully saturated rings. The van der Waals surface area contributed by atoms with Crippen LogP contribution in [0.4, 0.5) is 22.0 Å². The van der Waals surface area contributed by atoms with E-state index in [-0.39, 0.29) is 26.1 Å². The number of halogens is 5. The smallest absolute Gasteiger partial charge is 0.389 e. The number of ether oxygens (including phenoxy) is 1. The molecule has 0 saturated heterocycles. The van der Waals surface area contributed by atoms with Gasteiger partial charge in [-0.05, 0) is 72.0 Å². The van der Waals surface area contributed by atoms with E-state index in [9.17, 15) is 26.7 Å². The zero-order valence-corrected chi connectivity index (χ0v) is 19.5. The van der Waals surface area contributed by atoms with Crippen LogP contribution in [-0.4, -0.2) is 30.7 Å². The van der Waals surface area contributed by atoms with E-state index >= 15 is 0 Å². The average Bonchev–Trinajstić information content (AvgIpc) is 2.77. The van der Waals surface area contributed by atoms with Gasteiger partial charge in [-0.1, -0.05) is 30.3 Å². The molecule has 0 aliphatic rings. The van der Waals surface area contributed by atoms with Crippen LogP contribution in [0.3, 0.4) is 0 Å². The first kappa shape index (κ1) is 26.3. The summed E-state index contributed by atoms with van der Waals surface area (Å²) in [7, 11) is 1.29. The number of hydrogen-bond acceptors (Lipinski definition) is 3. The van der Waals surface area contributed by atoms with Crippen LogP contribution in [-0.2, 0) is 17.8 Å². The number of aryl methyl sites for hydroxylation is 1. The molecule has 0 spiro atoms. The SMILES string of the molecule is COC(=O)c1ccc(CN(CCCC(F)(F)F)Cc2cc(F)cc(F)c2)cc1-c1ccccc1C. The van der Waals surface area contributed by atoms with Crippen molar-refractivity contribution < 1.29 is 31.5 Å². The third-order valence-electron chi connectivity index (χ3n) is 5.59. The van der Waals surface area contributed by atoms with E-state index in [1.165, 1.54) is 19.2 Å². The fraction of sp³-hybridized carbons (Fsp3) is 0.296. The van der Waals surface area contributed by atoms with Crippen molar-refractivity contribution in [2.24, 2.45) is 0 Å². The van der Waals surface area contributed by atoms with Crippen molar-refractivity contribution in [3.8, 4) is 11.1 Å². The maximum Gasteiger partial charge on any atom is 0.389 e. The van der Waals surface area contributed by atoms with Crippen molar-refractivity contribution in [2.75, 3.05) is 13.7 Å². The summed E-state index contributed by atoms with van der Waals surface area (Å²) in [5, 5.41) is 0. The van der Waals surface area contributed by atoms with Crippen LogP contribution in [0.15, 0.2) is 60.7 Å². The van der Waals surface area contributed by atoms with E-state index in [4.69, 9.17) is 4.74 Å². The van der Waals surface area contributed by atoms with Crippen LogP contribution in [0.5, 0.6) is 0 Å². The fourth-order valence-electron chi connectivity index (χ4n) is 4.01. The zero-order valence-electron chi connectivity index (χ0n) is 19.5. The van der Waals surface area contributed by atoms with Crippen molar-refractivity contribution in [1.29, 1.82) is 0 Å². The van der Waals surface area contributed by atoms with Gasteiger partial charge in [0.1, 0.15) is 11.6 Å². The molecular formula is C27H26F5NO2. The Morgan fingerprint density at radius 3 is 2.17 bits per heavy atom. The monoisotopic (exact) mass is 491 g/mol. The molecule has 0 amide bonds. The van der Waals surface area contributed by atoms with Gasteiger partial charge in [-0.2, -0.15) is 13.2 Å². The number of methoxy groups -OCH3 is 1. The van der Waals surface area contributed by atoms with Crippen molar-refractivity contribution in [3.05, 3.63) is 94.6 Å². The lowest BCUT2D eigenvalue weighted by Crippen LogP contribution is -2.25. The molecule has 0 aliphatic carbocycles. The van der Waals surface area contributed by atoms with Gasteiger partial charge in [0.05, 0.1) is 12.7 Å². The third kappa shape index (κ3) is 7.62. The lowest BCUT2D eigenvalue weighted by atomic mass is 9.94. The summed E-state index contributed by atoms with van der Waals surface area (Å²) in [6.45, 7) is 2.25. The minimum absolute atomic E-state index is 0.0605. The summed E-state index contributed by atoms with van der Waals surface area (Å²) in [6.07, 6.45) is -5.42. The van der Waals surface area contributed by atoms with Gasteiger partial charge in [-0.25, -0.2) is 13.6 Å². The lowest BCUT2D eigenvalue weighted by Gasteiger charge is -2.24. The second-order valence-electron chi connectivity index (χ2n) is 8.39. The van der Waals surface area contributed by atoms with Gasteiger partial charge in [-0.15, -0.1) is 0 Å². The van der Waals surface area contributed by atoms with E-state index in [1.807, 2.05) is 31.2 Å². The van der Waals surface area contributed by atoms with Crippen molar-refractivity contribution in [2.45, 2.75) is 39.0 Å². The van der Waals surface area contributed by atoms with Crippen LogP contribution in [0.2, 0.25) is 0 Å². The maximum absolute atomic E-state index is 13.7. The summed E-state index contributed by atoms with van der Waals surface area (Å²) in [5.41, 5.74) is 3.82. The number of esters is 1. The maximum atomic E-state index is 13.7. The van der Waals surface area contributed by atoms with E-state index < -0.39 is 30.2 Å². The van der Waals surface area contributed by atoms with E-state index in [2.05, 4.69) is 0 Å². The summed E-state index contributed by atoms with van der Waals surface area (Å²) in [6, 6.07) is 15.7. The first-order valence-corrected chi connectivity index (χ1v) is 11.1. The number of benzene rings is 3. The predicted octanol–water partition coefficient (Wildman–Crippen LogP) is 7.07. The summed E-state index contributed by atoms with van der Waals surface area (Å²) >= 11 is 0. The topological polar surface area (TPSA) is 29.5 Å². The lowest BCUT2D eigenvalue weighted by molar-refractivity contribution is -0.136. The molecule has 0 aromatic heterocycles. The van der Waals surface area contributed by atoms with E-state index in [1.54, 1.807) is 23.1 Å². The minimum atomic E-state index is -4.29. The zero-order chi connectivity index (χ0) is 25.6. The molecule has 3 nitrogen and oxygen atoms in total. The first-order valence-electron chi connectivity index (χ1n) is 11.1. The van der Waals surface area contributed by atoms with Crippen LogP contribution >= 0.6 is 0 Å². The normalized spacial score (nSPS) is 11.7. The highest BCUT2D eigenvalue weighted by molar-refractivity contribution is 5.97. The molecule has 186 valence electrons. The first-order chi connectivity index (χ1) is 16.6. The number of carbonyl (C=O) groups excluding carboxylic acids is 1. The van der Waals surface area contributed by atoms with E-state index in [0.717, 1.165) is 22.8 Å². The Balaban J connectivity index is 1.93. The second-order valence-corrected chi connectivity index (χ2v) is 8.39. The highest BCUT2D eigenvalue weighted by Gasteiger charge is 2.26. The molecule has 35 heavy (non-hydrogen) atoms. The minimum Gasteiger partial charge on any atom is -0.465 e. The molecule has 8 heteroatoms. The third-order valence-corrected chi connectivity index (χ3v) is 5.59. The molecule has 0 atom stereocenters. The largest absolute Gasteiger partial charge is 0.465 e. The van der Waals surface area contributed by atoms with Crippen molar-refractivity contribution >= 4 is 5.97 Å². The fourth-order valence-corrected chi connectivity index (χ4v) is 4.01. The van der Waals surface area contributed by atoms with Crippen molar-refractivity contribution in [3.63, 3.8) is 0 Å². The number of alkyl halides is 3. The molecular weight excluding hydrogens is 465 g/mol. The number of nitrogens with zero attached hydrogens (tertiary/aromatic N) is 1. The van der Waals surface area contributed by atoms with Crippen LogP contribution in [0.25, 0.3) is 11.1 Å². The average molecular weight is 492 g/mol. The molecule has 3 rings (SSSR count). The summed E-state index contributed by atoms with van der Waals surface area (Å²) < 4.78 is 70.5. The molecule has 3 aromatic carbocycles. The van der Waals surface area contributed by atoms with Gasteiger partial charge >= 0.3 is 12.1 Å². The molecule has 3 aromatic rings. The second kappa shape index (κ2) is 11.4. The van der Waals surface area contributed by atoms with Gasteiger partial charge in [0.2, 0.25) is 0 Å². The number of hydrogen-bond donors (Lipinski definition) is 0. The molecule has 0 N–H and O–H groups in total. The standard InChI is InChI=1S/C27H26F5NO2/c1-18-6-3-4-7-23(18)25-14-19(8-9-24(25)26(34)35-2)16-33(11-5-10-27(30,31)32)17-20-12-21(28)15-22(29)13-20/h3-4,6-9,12-15H,5,10-11,16-17H2,1-2H3. The van der Waals surface area contributed by atoms with Gasteiger partial charge < -0.3 is 4.74 Å². The Morgan fingerprint density at radius 1 is 0.886 bits per heavy atom. The molecule has 0 saturated carbocycles. The number of carbonyl (C=O) groups is 1. The van der Waals surface area contributed by atoms with Gasteiger partial charge in [-0.3, -0.25) is 4.90 Å². The van der Waals surface area contributed by atoms with Crippen LogP contribution < -0.4 is 0 Å². The van der Waals surface area contributed by atoms with Gasteiger partial charge in [0.25, 0.3) is 0 Å². The highest BCUT2D eigenvalue weighted by atomic mass is 19.4.